The minimum absolute atomic E-state index is 0.0381. The molecule has 0 bridgehead atoms. The van der Waals surface area contributed by atoms with Crippen LogP contribution in [-0.4, -0.2) is 67.8 Å². The third-order valence-corrected chi connectivity index (χ3v) is 5.92. The SMILES string of the molecule is CC(=O)NC[C@H]1CN(c2ccc(-c3cnc(OCC4(C)Cn5cc([N+](=O)[O-])nc5O4)nc3)c(F)c2)C(=O)O1. The van der Waals surface area contributed by atoms with Gasteiger partial charge >= 0.3 is 23.9 Å². The number of nitro groups is 1. The van der Waals surface area contributed by atoms with Gasteiger partial charge in [0.05, 0.1) is 25.3 Å². The lowest BCUT2D eigenvalue weighted by molar-refractivity contribution is -0.389. The summed E-state index contributed by atoms with van der Waals surface area (Å²) in [5, 5.41) is 13.4. The molecular weight excluding hydrogens is 505 g/mol. The van der Waals surface area contributed by atoms with Crippen molar-refractivity contribution < 1.29 is 33.1 Å². The number of imidazole rings is 1. The number of nitrogens with one attached hydrogen (secondary N) is 1. The minimum atomic E-state index is -0.834. The number of ether oxygens (including phenoxy) is 3. The summed E-state index contributed by atoms with van der Waals surface area (Å²) < 4.78 is 33.1. The molecule has 1 fully saturated rings. The van der Waals surface area contributed by atoms with Gasteiger partial charge in [-0.05, 0) is 30.0 Å². The Bertz CT molecular complexity index is 1390. The second-order valence-electron chi connectivity index (χ2n) is 9.08. The molecule has 0 radical (unpaired) electrons. The minimum Gasteiger partial charge on any atom is -0.459 e. The molecule has 0 aliphatic carbocycles. The number of cyclic esters (lactones) is 1. The zero-order valence-corrected chi connectivity index (χ0v) is 20.3. The van der Waals surface area contributed by atoms with Crippen LogP contribution < -0.4 is 19.7 Å². The molecule has 1 N–H and O–H groups in total. The Labute approximate surface area is 214 Å². The highest BCUT2D eigenvalue weighted by atomic mass is 19.1. The van der Waals surface area contributed by atoms with E-state index in [4.69, 9.17) is 14.2 Å². The maximum absolute atomic E-state index is 15.0. The van der Waals surface area contributed by atoms with Crippen molar-refractivity contribution in [3.63, 3.8) is 0 Å². The first-order chi connectivity index (χ1) is 18.1. The van der Waals surface area contributed by atoms with Gasteiger partial charge in [0, 0.05) is 35.4 Å². The highest BCUT2D eigenvalue weighted by Crippen LogP contribution is 2.32. The topological polar surface area (TPSA) is 164 Å². The van der Waals surface area contributed by atoms with Crippen LogP contribution in [0.2, 0.25) is 0 Å². The van der Waals surface area contributed by atoms with Crippen molar-refractivity contribution in [2.24, 2.45) is 0 Å². The summed E-state index contributed by atoms with van der Waals surface area (Å²) in [4.78, 5) is 46.9. The molecule has 198 valence electrons. The van der Waals surface area contributed by atoms with Gasteiger partial charge < -0.3 is 29.6 Å². The molecule has 1 saturated heterocycles. The lowest BCUT2D eigenvalue weighted by atomic mass is 10.1. The van der Waals surface area contributed by atoms with Crippen LogP contribution in [-0.2, 0) is 16.1 Å². The number of carbonyl (C=O) groups excluding carboxylic acids is 2. The van der Waals surface area contributed by atoms with Crippen LogP contribution in [0.5, 0.6) is 12.0 Å². The van der Waals surface area contributed by atoms with Crippen LogP contribution in [0.25, 0.3) is 11.1 Å². The lowest BCUT2D eigenvalue weighted by Crippen LogP contribution is -2.38. The normalized spacial score (nSPS) is 20.0. The second-order valence-corrected chi connectivity index (χ2v) is 9.08. The van der Waals surface area contributed by atoms with Crippen LogP contribution in [0.15, 0.2) is 36.8 Å². The maximum Gasteiger partial charge on any atom is 0.415 e. The number of halogens is 1. The largest absolute Gasteiger partial charge is 0.459 e. The van der Waals surface area contributed by atoms with Gasteiger partial charge in [-0.15, -0.1) is 0 Å². The van der Waals surface area contributed by atoms with E-state index in [0.29, 0.717) is 11.3 Å². The van der Waals surface area contributed by atoms with E-state index in [1.165, 1.54) is 47.1 Å². The molecule has 1 aromatic carbocycles. The zero-order chi connectivity index (χ0) is 27.0. The van der Waals surface area contributed by atoms with E-state index in [1.807, 2.05) is 0 Å². The highest BCUT2D eigenvalue weighted by Gasteiger charge is 2.41. The Hall–Kier alpha value is -4.82. The Morgan fingerprint density at radius 1 is 1.37 bits per heavy atom. The fourth-order valence-electron chi connectivity index (χ4n) is 4.11. The number of carbonyl (C=O) groups is 2. The Kier molecular flexibility index (Phi) is 6.26. The number of hydrogen-bond donors (Lipinski definition) is 1. The van der Waals surface area contributed by atoms with Crippen molar-refractivity contribution in [1.29, 1.82) is 0 Å². The van der Waals surface area contributed by atoms with E-state index >= 15 is 0 Å². The standard InChI is InChI=1S/C23H22FN7O7/c1-13(32)25-8-16-9-30(22(33)37-16)15-3-4-17(18(24)5-15)14-6-26-20(27-7-14)36-12-23(2)11-29-10-19(31(34)35)28-21(29)38-23/h3-7,10,16H,8-9,11-12H2,1-2H3,(H,25,32)/t16-,23?/m0/s1. The van der Waals surface area contributed by atoms with Crippen LogP contribution in [0, 0.1) is 15.9 Å². The van der Waals surface area contributed by atoms with E-state index in [9.17, 15) is 24.1 Å². The molecule has 1 unspecified atom stereocenters. The Morgan fingerprint density at radius 2 is 2.13 bits per heavy atom. The van der Waals surface area contributed by atoms with Gasteiger partial charge in [-0.1, -0.05) is 0 Å². The third-order valence-electron chi connectivity index (χ3n) is 5.92. The molecular formula is C23H22FN7O7. The number of aromatic nitrogens is 4. The van der Waals surface area contributed by atoms with Crippen molar-refractivity contribution in [3.8, 4) is 23.1 Å². The molecule has 2 atom stereocenters. The Morgan fingerprint density at radius 3 is 2.79 bits per heavy atom. The quantitative estimate of drug-likeness (QED) is 0.339. The fraction of sp³-hybridized carbons (Fsp3) is 0.348. The van der Waals surface area contributed by atoms with Gasteiger partial charge in [0.25, 0.3) is 0 Å². The van der Waals surface area contributed by atoms with Gasteiger partial charge in [-0.25, -0.2) is 19.2 Å². The van der Waals surface area contributed by atoms with E-state index in [1.54, 1.807) is 13.0 Å². The zero-order valence-electron chi connectivity index (χ0n) is 20.3. The number of rotatable bonds is 8. The maximum atomic E-state index is 15.0. The van der Waals surface area contributed by atoms with Crippen molar-refractivity contribution >= 4 is 23.5 Å². The summed E-state index contributed by atoms with van der Waals surface area (Å²) in [5.41, 5.74) is 0.0993. The number of nitrogens with zero attached hydrogens (tertiary/aromatic N) is 6. The number of anilines is 1. The summed E-state index contributed by atoms with van der Waals surface area (Å²) >= 11 is 0. The summed E-state index contributed by atoms with van der Waals surface area (Å²) in [7, 11) is 0. The molecule has 38 heavy (non-hydrogen) atoms. The molecule has 2 aliphatic heterocycles. The smallest absolute Gasteiger partial charge is 0.415 e. The second kappa shape index (κ2) is 9.57. The summed E-state index contributed by atoms with van der Waals surface area (Å²) in [6, 6.07) is 4.47. The number of benzene rings is 1. The monoisotopic (exact) mass is 527 g/mol. The lowest BCUT2D eigenvalue weighted by Gasteiger charge is -2.21. The van der Waals surface area contributed by atoms with E-state index in [0.717, 1.165) is 0 Å². The van der Waals surface area contributed by atoms with Crippen molar-refractivity contribution in [2.45, 2.75) is 32.1 Å². The Balaban J connectivity index is 1.20. The van der Waals surface area contributed by atoms with Gasteiger partial charge in [-0.3, -0.25) is 14.3 Å². The van der Waals surface area contributed by atoms with Gasteiger partial charge in [-0.2, -0.15) is 0 Å². The van der Waals surface area contributed by atoms with Crippen LogP contribution in [0.4, 0.5) is 20.7 Å². The first-order valence-corrected chi connectivity index (χ1v) is 11.5. The molecule has 14 nitrogen and oxygen atoms in total. The van der Waals surface area contributed by atoms with Crippen molar-refractivity contribution in [1.82, 2.24) is 24.8 Å². The third kappa shape index (κ3) is 5.02. The number of fused-ring (bicyclic) bond motifs is 1. The molecule has 0 spiro atoms. The molecule has 4 heterocycles. The van der Waals surface area contributed by atoms with Gasteiger partial charge in [0.15, 0.2) is 5.60 Å². The molecule has 3 aromatic rings. The first kappa shape index (κ1) is 24.9. The number of amides is 2. The molecule has 0 saturated carbocycles. The molecule has 5 rings (SSSR count). The number of hydrogen-bond acceptors (Lipinski definition) is 10. The van der Waals surface area contributed by atoms with Gasteiger partial charge in [0.2, 0.25) is 5.91 Å². The average Bonchev–Trinajstić information content (AvgIpc) is 3.53. The molecule has 2 amide bonds. The predicted octanol–water partition coefficient (Wildman–Crippen LogP) is 2.08. The van der Waals surface area contributed by atoms with Gasteiger partial charge in [0.1, 0.15) is 24.7 Å². The molecule has 2 aromatic heterocycles. The molecule has 15 heteroatoms. The summed E-state index contributed by atoms with van der Waals surface area (Å²) in [5.74, 6) is -1.13. The highest BCUT2D eigenvalue weighted by molar-refractivity contribution is 5.90. The predicted molar refractivity (Wildman–Crippen MR) is 127 cm³/mol. The summed E-state index contributed by atoms with van der Waals surface area (Å²) in [6.45, 7) is 3.80. The van der Waals surface area contributed by atoms with Crippen LogP contribution >= 0.6 is 0 Å². The summed E-state index contributed by atoms with van der Waals surface area (Å²) in [6.07, 6.45) is 2.94. The average molecular weight is 527 g/mol. The van der Waals surface area contributed by atoms with Crippen LogP contribution in [0.3, 0.4) is 0 Å². The van der Waals surface area contributed by atoms with Crippen LogP contribution in [0.1, 0.15) is 13.8 Å². The van der Waals surface area contributed by atoms with E-state index in [2.05, 4.69) is 20.3 Å². The van der Waals surface area contributed by atoms with Crippen molar-refractivity contribution in [2.75, 3.05) is 24.6 Å². The fourth-order valence-corrected chi connectivity index (χ4v) is 4.11. The van der Waals surface area contributed by atoms with E-state index in [-0.39, 0.29) is 55.6 Å². The molecule has 2 aliphatic rings. The first-order valence-electron chi connectivity index (χ1n) is 11.5. The van der Waals surface area contributed by atoms with E-state index < -0.39 is 28.5 Å². The van der Waals surface area contributed by atoms with Crippen molar-refractivity contribution in [3.05, 3.63) is 52.7 Å².